The van der Waals surface area contributed by atoms with Gasteiger partial charge in [-0.15, -0.1) is 0 Å². The van der Waals surface area contributed by atoms with Crippen LogP contribution >= 0.6 is 11.6 Å². The second kappa shape index (κ2) is 6.14. The average molecular weight is 327 g/mol. The van der Waals surface area contributed by atoms with Crippen molar-refractivity contribution >= 4 is 27.4 Å². The second-order valence-electron chi connectivity index (χ2n) is 4.94. The van der Waals surface area contributed by atoms with E-state index < -0.39 is 10.0 Å². The summed E-state index contributed by atoms with van der Waals surface area (Å²) in [7, 11) is -3.69. The van der Waals surface area contributed by atoms with Crippen molar-refractivity contribution in [3.63, 3.8) is 0 Å². The van der Waals surface area contributed by atoms with Gasteiger partial charge in [-0.1, -0.05) is 18.5 Å². The number of nitriles is 1. The highest BCUT2D eigenvalue weighted by molar-refractivity contribution is 7.89. The van der Waals surface area contributed by atoms with Crippen LogP contribution in [0.25, 0.3) is 0 Å². The summed E-state index contributed by atoms with van der Waals surface area (Å²) in [6, 6.07) is 5.94. The van der Waals surface area contributed by atoms with Crippen molar-refractivity contribution in [2.45, 2.75) is 24.7 Å². The maximum atomic E-state index is 12.6. The Kier molecular flexibility index (Phi) is 4.67. The zero-order valence-electron chi connectivity index (χ0n) is 11.5. The number of nitrogens with zero attached hydrogens (tertiary/aromatic N) is 2. The lowest BCUT2D eigenvalue weighted by Crippen LogP contribution is -2.43. The Morgan fingerprint density at radius 3 is 2.76 bits per heavy atom. The van der Waals surface area contributed by atoms with Crippen LogP contribution in [0.5, 0.6) is 0 Å². The van der Waals surface area contributed by atoms with Crippen LogP contribution in [0.15, 0.2) is 23.1 Å². The number of ketones is 1. The lowest BCUT2D eigenvalue weighted by atomic mass is 9.96. The molecule has 112 valence electrons. The molecule has 1 fully saturated rings. The first-order valence-electron chi connectivity index (χ1n) is 6.62. The van der Waals surface area contributed by atoms with E-state index in [4.69, 9.17) is 16.9 Å². The molecular formula is C14H15ClN2O3S. The Morgan fingerprint density at radius 1 is 1.48 bits per heavy atom. The van der Waals surface area contributed by atoms with E-state index in [0.29, 0.717) is 6.42 Å². The normalized spacial score (nSPS) is 20.2. The standard InChI is InChI=1S/C14H15ClN2O3S/c1-2-10-9-17(6-5-14(10)18)21(19,20)12-4-3-11(8-16)13(15)7-12/h3-4,7,10H,2,5-6,9H2,1H3. The molecule has 1 unspecified atom stereocenters. The summed E-state index contributed by atoms with van der Waals surface area (Å²) in [6.07, 6.45) is 0.862. The molecule has 1 heterocycles. The van der Waals surface area contributed by atoms with Gasteiger partial charge in [-0.25, -0.2) is 8.42 Å². The maximum absolute atomic E-state index is 12.6. The van der Waals surface area contributed by atoms with Crippen molar-refractivity contribution in [1.29, 1.82) is 5.26 Å². The first-order valence-corrected chi connectivity index (χ1v) is 8.44. The fraction of sp³-hybridized carbons (Fsp3) is 0.429. The smallest absolute Gasteiger partial charge is 0.243 e. The predicted molar refractivity (Wildman–Crippen MR) is 78.3 cm³/mol. The molecule has 21 heavy (non-hydrogen) atoms. The number of carbonyl (C=O) groups is 1. The van der Waals surface area contributed by atoms with Gasteiger partial charge in [-0.2, -0.15) is 9.57 Å². The van der Waals surface area contributed by atoms with E-state index in [1.54, 1.807) is 0 Å². The third kappa shape index (κ3) is 3.10. The molecular weight excluding hydrogens is 312 g/mol. The Labute approximate surface area is 129 Å². The van der Waals surface area contributed by atoms with E-state index in [1.165, 1.54) is 22.5 Å². The zero-order valence-corrected chi connectivity index (χ0v) is 13.1. The van der Waals surface area contributed by atoms with Crippen LogP contribution in [-0.2, 0) is 14.8 Å². The first-order chi connectivity index (χ1) is 9.90. The minimum atomic E-state index is -3.69. The van der Waals surface area contributed by atoms with Crippen molar-refractivity contribution in [2.24, 2.45) is 5.92 Å². The molecule has 0 bridgehead atoms. The lowest BCUT2D eigenvalue weighted by Gasteiger charge is -2.30. The Morgan fingerprint density at radius 2 is 2.19 bits per heavy atom. The monoisotopic (exact) mass is 326 g/mol. The van der Waals surface area contributed by atoms with Crippen molar-refractivity contribution in [2.75, 3.05) is 13.1 Å². The average Bonchev–Trinajstić information content (AvgIpc) is 2.47. The molecule has 1 aliphatic heterocycles. The number of sulfonamides is 1. The molecule has 1 aromatic rings. The summed E-state index contributed by atoms with van der Waals surface area (Å²) in [4.78, 5) is 11.7. The van der Waals surface area contributed by atoms with Gasteiger partial charge in [0.15, 0.2) is 0 Å². The largest absolute Gasteiger partial charge is 0.299 e. The molecule has 1 aliphatic rings. The molecule has 7 heteroatoms. The predicted octanol–water partition coefficient (Wildman–Crippen LogP) is 2.20. The second-order valence-corrected chi connectivity index (χ2v) is 7.28. The highest BCUT2D eigenvalue weighted by Gasteiger charge is 2.33. The molecule has 1 aromatic carbocycles. The molecule has 1 atom stereocenters. The Bertz CT molecular complexity index is 709. The van der Waals surface area contributed by atoms with Crippen molar-refractivity contribution in [1.82, 2.24) is 4.31 Å². The van der Waals surface area contributed by atoms with Crippen molar-refractivity contribution in [3.8, 4) is 6.07 Å². The molecule has 5 nitrogen and oxygen atoms in total. The Hall–Kier alpha value is -1.42. The van der Waals surface area contributed by atoms with Gasteiger partial charge < -0.3 is 0 Å². The molecule has 2 rings (SSSR count). The number of hydrogen-bond donors (Lipinski definition) is 0. The van der Waals surface area contributed by atoms with E-state index in [0.717, 1.165) is 0 Å². The summed E-state index contributed by atoms with van der Waals surface area (Å²) >= 11 is 5.89. The fourth-order valence-corrected chi connectivity index (χ4v) is 4.15. The van der Waals surface area contributed by atoms with Crippen LogP contribution in [0.2, 0.25) is 5.02 Å². The van der Waals surface area contributed by atoms with Crippen LogP contribution < -0.4 is 0 Å². The minimum absolute atomic E-state index is 0.0516. The van der Waals surface area contributed by atoms with Gasteiger partial charge >= 0.3 is 0 Å². The number of benzene rings is 1. The Balaban J connectivity index is 2.32. The fourth-order valence-electron chi connectivity index (χ4n) is 2.35. The molecule has 0 amide bonds. The number of rotatable bonds is 3. The molecule has 0 spiro atoms. The van der Waals surface area contributed by atoms with E-state index in [9.17, 15) is 13.2 Å². The van der Waals surface area contributed by atoms with Gasteiger partial charge in [-0.05, 0) is 24.6 Å². The molecule has 0 aromatic heterocycles. The van der Waals surface area contributed by atoms with Gasteiger partial charge in [0, 0.05) is 25.4 Å². The van der Waals surface area contributed by atoms with Crippen LogP contribution in [0.3, 0.4) is 0 Å². The summed E-state index contributed by atoms with van der Waals surface area (Å²) in [5, 5.41) is 8.93. The lowest BCUT2D eigenvalue weighted by molar-refractivity contribution is -0.125. The first kappa shape index (κ1) is 16.0. The maximum Gasteiger partial charge on any atom is 0.243 e. The van der Waals surface area contributed by atoms with Crippen LogP contribution in [0.1, 0.15) is 25.3 Å². The number of Topliss-reactive ketones (excluding diaryl/α,β-unsaturated/α-hetero) is 1. The molecule has 0 saturated carbocycles. The third-order valence-electron chi connectivity index (χ3n) is 3.68. The summed E-state index contributed by atoms with van der Waals surface area (Å²) in [5.41, 5.74) is 0.232. The van der Waals surface area contributed by atoms with Gasteiger partial charge in [0.25, 0.3) is 0 Å². The van der Waals surface area contributed by atoms with Crippen LogP contribution in [0, 0.1) is 17.2 Å². The van der Waals surface area contributed by atoms with E-state index >= 15 is 0 Å². The van der Waals surface area contributed by atoms with Gasteiger partial charge in [0.2, 0.25) is 10.0 Å². The van der Waals surface area contributed by atoms with Crippen molar-refractivity contribution in [3.05, 3.63) is 28.8 Å². The zero-order chi connectivity index (χ0) is 15.6. The van der Waals surface area contributed by atoms with Crippen LogP contribution in [-0.4, -0.2) is 31.6 Å². The topological polar surface area (TPSA) is 78.2 Å². The minimum Gasteiger partial charge on any atom is -0.299 e. The van der Waals surface area contributed by atoms with E-state index in [-0.39, 0.29) is 46.7 Å². The summed E-state index contributed by atoms with van der Waals surface area (Å²) in [6.45, 7) is 2.27. The highest BCUT2D eigenvalue weighted by Crippen LogP contribution is 2.26. The summed E-state index contributed by atoms with van der Waals surface area (Å²) in [5.74, 6) is -0.135. The number of piperidine rings is 1. The van der Waals surface area contributed by atoms with Gasteiger partial charge in [0.05, 0.1) is 15.5 Å². The quantitative estimate of drug-likeness (QED) is 0.853. The third-order valence-corrected chi connectivity index (χ3v) is 5.85. The SMILES string of the molecule is CCC1CN(S(=O)(=O)c2ccc(C#N)c(Cl)c2)CCC1=O. The number of carbonyl (C=O) groups excluding carboxylic acids is 1. The van der Waals surface area contributed by atoms with E-state index in [2.05, 4.69) is 0 Å². The number of halogens is 1. The highest BCUT2D eigenvalue weighted by atomic mass is 35.5. The van der Waals surface area contributed by atoms with Crippen molar-refractivity contribution < 1.29 is 13.2 Å². The molecule has 1 saturated heterocycles. The molecule has 0 aliphatic carbocycles. The molecule has 0 N–H and O–H groups in total. The molecule has 0 radical (unpaired) electrons. The van der Waals surface area contributed by atoms with Crippen LogP contribution in [0.4, 0.5) is 0 Å². The van der Waals surface area contributed by atoms with Gasteiger partial charge in [-0.3, -0.25) is 4.79 Å². The number of hydrogen-bond acceptors (Lipinski definition) is 4. The van der Waals surface area contributed by atoms with Gasteiger partial charge in [0.1, 0.15) is 11.9 Å². The van der Waals surface area contributed by atoms with E-state index in [1.807, 2.05) is 13.0 Å². The summed E-state index contributed by atoms with van der Waals surface area (Å²) < 4.78 is 26.5.